The molecule has 0 fully saturated rings. The minimum absolute atomic E-state index is 0.144. The topological polar surface area (TPSA) is 75.1 Å². The number of carboxylic acid groups (broad SMARTS) is 1. The van der Waals surface area contributed by atoms with Gasteiger partial charge in [-0.15, -0.1) is 0 Å². The quantitative estimate of drug-likeness (QED) is 0.825. The number of anilines is 2. The lowest BCUT2D eigenvalue weighted by molar-refractivity contribution is 0.0690. The van der Waals surface area contributed by atoms with Gasteiger partial charge in [-0.2, -0.15) is 0 Å². The third kappa shape index (κ3) is 2.73. The summed E-state index contributed by atoms with van der Waals surface area (Å²) >= 11 is 1.87. The standard InChI is InChI=1S/C11H7FIN3O2/c12-6-2-1-3-7(10(6)13)16-9-5-14-8(4-15-9)11(17)18/h1-5H,(H,15,16)(H,17,18). The van der Waals surface area contributed by atoms with Crippen molar-refractivity contribution in [1.29, 1.82) is 0 Å². The van der Waals surface area contributed by atoms with Crippen LogP contribution in [0, 0.1) is 9.39 Å². The number of aromatic carboxylic acids is 1. The predicted octanol–water partition coefficient (Wildman–Crippen LogP) is 2.66. The summed E-state index contributed by atoms with van der Waals surface area (Å²) < 4.78 is 13.7. The number of aromatic nitrogens is 2. The van der Waals surface area contributed by atoms with E-state index in [2.05, 4.69) is 15.3 Å². The Hall–Kier alpha value is -1.77. The third-order valence-electron chi connectivity index (χ3n) is 2.09. The molecule has 1 aromatic heterocycles. The van der Waals surface area contributed by atoms with Crippen LogP contribution in [-0.4, -0.2) is 21.0 Å². The zero-order valence-electron chi connectivity index (χ0n) is 8.89. The van der Waals surface area contributed by atoms with Gasteiger partial charge in [0.2, 0.25) is 0 Å². The van der Waals surface area contributed by atoms with Crippen molar-refractivity contribution >= 4 is 40.1 Å². The lowest BCUT2D eigenvalue weighted by atomic mass is 10.3. The number of carboxylic acids is 1. The molecule has 5 nitrogen and oxygen atoms in total. The van der Waals surface area contributed by atoms with Crippen LogP contribution in [0.5, 0.6) is 0 Å². The maximum atomic E-state index is 13.3. The third-order valence-corrected chi connectivity index (χ3v) is 3.18. The Labute approximate surface area is 115 Å². The molecule has 1 aromatic carbocycles. The summed E-state index contributed by atoms with van der Waals surface area (Å²) in [4.78, 5) is 18.2. The summed E-state index contributed by atoms with van der Waals surface area (Å²) in [7, 11) is 0. The number of hydrogen-bond acceptors (Lipinski definition) is 4. The molecule has 18 heavy (non-hydrogen) atoms. The molecular formula is C11H7FIN3O2. The number of nitrogens with one attached hydrogen (secondary N) is 1. The van der Waals surface area contributed by atoms with Crippen molar-refractivity contribution in [3.8, 4) is 0 Å². The lowest BCUT2D eigenvalue weighted by Gasteiger charge is -2.07. The number of hydrogen-bond donors (Lipinski definition) is 2. The highest BCUT2D eigenvalue weighted by Crippen LogP contribution is 2.23. The Kier molecular flexibility index (Phi) is 3.70. The molecule has 0 unspecified atom stereocenters. The van der Waals surface area contributed by atoms with Gasteiger partial charge < -0.3 is 10.4 Å². The molecule has 0 aliphatic rings. The Balaban J connectivity index is 2.24. The summed E-state index contributed by atoms with van der Waals surface area (Å²) in [5, 5.41) is 11.5. The van der Waals surface area contributed by atoms with E-state index in [4.69, 9.17) is 5.11 Å². The number of rotatable bonds is 3. The summed E-state index contributed by atoms with van der Waals surface area (Å²) in [6.07, 6.45) is 2.42. The largest absolute Gasteiger partial charge is 0.476 e. The SMILES string of the molecule is O=C(O)c1cnc(Nc2cccc(F)c2I)cn1. The molecule has 2 N–H and O–H groups in total. The first-order valence-corrected chi connectivity index (χ1v) is 5.92. The Morgan fingerprint density at radius 1 is 1.33 bits per heavy atom. The maximum Gasteiger partial charge on any atom is 0.356 e. The Morgan fingerprint density at radius 3 is 2.72 bits per heavy atom. The van der Waals surface area contributed by atoms with Crippen molar-refractivity contribution in [2.24, 2.45) is 0 Å². The van der Waals surface area contributed by atoms with Crippen LogP contribution in [0.2, 0.25) is 0 Å². The molecule has 0 radical (unpaired) electrons. The van der Waals surface area contributed by atoms with E-state index in [0.29, 0.717) is 15.1 Å². The summed E-state index contributed by atoms with van der Waals surface area (Å²) in [6, 6.07) is 4.61. The molecule has 2 rings (SSSR count). The van der Waals surface area contributed by atoms with E-state index in [1.165, 1.54) is 12.3 Å². The first kappa shape index (κ1) is 12.7. The molecule has 92 valence electrons. The predicted molar refractivity (Wildman–Crippen MR) is 71.4 cm³/mol. The summed E-state index contributed by atoms with van der Waals surface area (Å²) in [5.41, 5.74) is 0.405. The lowest BCUT2D eigenvalue weighted by Crippen LogP contribution is -2.03. The van der Waals surface area contributed by atoms with Crippen molar-refractivity contribution in [2.75, 3.05) is 5.32 Å². The fraction of sp³-hybridized carbons (Fsp3) is 0. The normalized spacial score (nSPS) is 10.1. The molecule has 0 spiro atoms. The van der Waals surface area contributed by atoms with E-state index in [0.717, 1.165) is 6.20 Å². The monoisotopic (exact) mass is 359 g/mol. The first-order valence-electron chi connectivity index (χ1n) is 4.84. The van der Waals surface area contributed by atoms with Crippen molar-refractivity contribution in [2.45, 2.75) is 0 Å². The van der Waals surface area contributed by atoms with E-state index in [9.17, 15) is 9.18 Å². The molecule has 0 aliphatic heterocycles. The van der Waals surface area contributed by atoms with Gasteiger partial charge in [-0.25, -0.2) is 19.2 Å². The summed E-state index contributed by atoms with van der Waals surface area (Å²) in [5.74, 6) is -1.13. The van der Waals surface area contributed by atoms with Crippen LogP contribution in [0.1, 0.15) is 10.5 Å². The van der Waals surface area contributed by atoms with Gasteiger partial charge in [-0.1, -0.05) is 6.07 Å². The van der Waals surface area contributed by atoms with Crippen LogP contribution in [-0.2, 0) is 0 Å². The van der Waals surface area contributed by atoms with Crippen molar-refractivity contribution < 1.29 is 14.3 Å². The second kappa shape index (κ2) is 5.25. The van der Waals surface area contributed by atoms with Crippen molar-refractivity contribution in [3.05, 3.63) is 45.7 Å². The first-order chi connectivity index (χ1) is 8.58. The Morgan fingerprint density at radius 2 is 2.11 bits per heavy atom. The van der Waals surface area contributed by atoms with Gasteiger partial charge in [0.25, 0.3) is 0 Å². The number of benzene rings is 1. The zero-order chi connectivity index (χ0) is 13.1. The average molecular weight is 359 g/mol. The van der Waals surface area contributed by atoms with E-state index in [-0.39, 0.29) is 11.5 Å². The van der Waals surface area contributed by atoms with E-state index in [1.807, 2.05) is 22.6 Å². The fourth-order valence-corrected chi connectivity index (χ4v) is 1.74. The van der Waals surface area contributed by atoms with Gasteiger partial charge in [0.1, 0.15) is 11.6 Å². The van der Waals surface area contributed by atoms with Crippen LogP contribution in [0.15, 0.2) is 30.6 Å². The van der Waals surface area contributed by atoms with Gasteiger partial charge in [-0.05, 0) is 34.7 Å². The second-order valence-electron chi connectivity index (χ2n) is 3.32. The van der Waals surface area contributed by atoms with Crippen LogP contribution in [0.3, 0.4) is 0 Å². The van der Waals surface area contributed by atoms with Gasteiger partial charge >= 0.3 is 5.97 Å². The minimum atomic E-state index is -1.14. The highest BCUT2D eigenvalue weighted by molar-refractivity contribution is 14.1. The van der Waals surface area contributed by atoms with Crippen molar-refractivity contribution in [3.63, 3.8) is 0 Å². The molecule has 0 atom stereocenters. The number of carbonyl (C=O) groups is 1. The molecule has 0 amide bonds. The second-order valence-corrected chi connectivity index (χ2v) is 4.40. The number of nitrogens with zero attached hydrogens (tertiary/aromatic N) is 2. The van der Waals surface area contributed by atoms with Crippen molar-refractivity contribution in [1.82, 2.24) is 9.97 Å². The number of halogens is 2. The molecule has 2 aromatic rings. The fourth-order valence-electron chi connectivity index (χ4n) is 1.24. The molecular weight excluding hydrogens is 352 g/mol. The molecule has 0 bridgehead atoms. The van der Waals surface area contributed by atoms with Gasteiger partial charge in [0, 0.05) is 0 Å². The zero-order valence-corrected chi connectivity index (χ0v) is 11.1. The van der Waals surface area contributed by atoms with Gasteiger partial charge in [-0.3, -0.25) is 0 Å². The van der Waals surface area contributed by atoms with E-state index < -0.39 is 5.97 Å². The van der Waals surface area contributed by atoms with Crippen LogP contribution >= 0.6 is 22.6 Å². The smallest absolute Gasteiger partial charge is 0.356 e. The highest BCUT2D eigenvalue weighted by Gasteiger charge is 2.08. The minimum Gasteiger partial charge on any atom is -0.476 e. The molecule has 0 aliphatic carbocycles. The molecule has 0 saturated carbocycles. The Bertz CT molecular complexity index is 589. The average Bonchev–Trinajstić information content (AvgIpc) is 2.36. The highest BCUT2D eigenvalue weighted by atomic mass is 127. The van der Waals surface area contributed by atoms with E-state index in [1.54, 1.807) is 12.1 Å². The molecule has 7 heteroatoms. The summed E-state index contributed by atoms with van der Waals surface area (Å²) in [6.45, 7) is 0. The van der Waals surface area contributed by atoms with Crippen LogP contribution in [0.4, 0.5) is 15.9 Å². The molecule has 1 heterocycles. The van der Waals surface area contributed by atoms with E-state index >= 15 is 0 Å². The van der Waals surface area contributed by atoms with Gasteiger partial charge in [0.15, 0.2) is 5.69 Å². The molecule has 0 saturated heterocycles. The maximum absolute atomic E-state index is 13.3. The van der Waals surface area contributed by atoms with Crippen LogP contribution in [0.25, 0.3) is 0 Å². The van der Waals surface area contributed by atoms with Crippen LogP contribution < -0.4 is 5.32 Å². The van der Waals surface area contributed by atoms with Gasteiger partial charge in [0.05, 0.1) is 21.7 Å².